The summed E-state index contributed by atoms with van der Waals surface area (Å²) in [6.45, 7) is 1.85. The predicted molar refractivity (Wildman–Crippen MR) is 53.2 cm³/mol. The number of H-pyrrole nitrogens is 1. The normalized spacial score (nSPS) is 12.5. The van der Waals surface area contributed by atoms with E-state index in [4.69, 9.17) is 5.73 Å². The van der Waals surface area contributed by atoms with Crippen molar-refractivity contribution in [2.45, 2.75) is 19.4 Å². The van der Waals surface area contributed by atoms with Gasteiger partial charge in [0, 0.05) is 0 Å². The van der Waals surface area contributed by atoms with Crippen molar-refractivity contribution < 1.29 is 4.79 Å². The van der Waals surface area contributed by atoms with Crippen LogP contribution < -0.4 is 11.1 Å². The van der Waals surface area contributed by atoms with Crippen LogP contribution in [0.5, 0.6) is 0 Å². The molecule has 0 radical (unpaired) electrons. The van der Waals surface area contributed by atoms with Crippen LogP contribution in [0.15, 0.2) is 10.7 Å². The number of aromatic nitrogens is 2. The summed E-state index contributed by atoms with van der Waals surface area (Å²) in [5, 5.41) is 8.98. The molecule has 0 aromatic carbocycles. The van der Waals surface area contributed by atoms with Gasteiger partial charge in [-0.15, -0.1) is 0 Å². The summed E-state index contributed by atoms with van der Waals surface area (Å²) in [7, 11) is 0. The van der Waals surface area contributed by atoms with Gasteiger partial charge < -0.3 is 11.1 Å². The van der Waals surface area contributed by atoms with Crippen molar-refractivity contribution in [1.82, 2.24) is 10.2 Å². The quantitative estimate of drug-likeness (QED) is 0.740. The Labute approximate surface area is 84.2 Å². The molecular formula is C7H11BrN4O. The summed E-state index contributed by atoms with van der Waals surface area (Å²) >= 11 is 3.22. The molecule has 0 saturated carbocycles. The Hall–Kier alpha value is -0.880. The highest BCUT2D eigenvalue weighted by Crippen LogP contribution is 2.17. The molecule has 0 bridgehead atoms. The number of nitrogens with one attached hydrogen (secondary N) is 2. The smallest absolute Gasteiger partial charge is 0.242 e. The second kappa shape index (κ2) is 4.38. The lowest BCUT2D eigenvalue weighted by Crippen LogP contribution is -2.35. The minimum absolute atomic E-state index is 0.215. The number of hydrogen-bond donors (Lipinski definition) is 3. The highest BCUT2D eigenvalue weighted by molar-refractivity contribution is 9.10. The van der Waals surface area contributed by atoms with Crippen molar-refractivity contribution >= 4 is 27.7 Å². The second-order valence-corrected chi connectivity index (χ2v) is 3.45. The molecule has 0 spiro atoms. The van der Waals surface area contributed by atoms with Gasteiger partial charge >= 0.3 is 0 Å². The molecule has 0 fully saturated rings. The van der Waals surface area contributed by atoms with Crippen LogP contribution in [0.25, 0.3) is 0 Å². The van der Waals surface area contributed by atoms with Crippen LogP contribution in [0.2, 0.25) is 0 Å². The monoisotopic (exact) mass is 246 g/mol. The van der Waals surface area contributed by atoms with Gasteiger partial charge in [0.25, 0.3) is 0 Å². The molecular weight excluding hydrogens is 236 g/mol. The summed E-state index contributed by atoms with van der Waals surface area (Å²) in [6, 6.07) is -0.477. The third kappa shape index (κ3) is 2.53. The average molecular weight is 247 g/mol. The van der Waals surface area contributed by atoms with Gasteiger partial charge in [-0.25, -0.2) is 0 Å². The van der Waals surface area contributed by atoms with Crippen LogP contribution in [0.1, 0.15) is 13.3 Å². The van der Waals surface area contributed by atoms with Crippen LogP contribution in [0.4, 0.5) is 5.82 Å². The third-order valence-corrected chi connectivity index (χ3v) is 2.22. The van der Waals surface area contributed by atoms with Crippen molar-refractivity contribution in [2.75, 3.05) is 5.32 Å². The molecule has 0 aliphatic rings. The number of carbonyl (C=O) groups is 1. The van der Waals surface area contributed by atoms with E-state index in [9.17, 15) is 4.79 Å². The molecule has 1 aromatic rings. The van der Waals surface area contributed by atoms with Crippen LogP contribution in [0.3, 0.4) is 0 Å². The Morgan fingerprint density at radius 1 is 1.92 bits per heavy atom. The lowest BCUT2D eigenvalue weighted by Gasteiger charge is -2.08. The van der Waals surface area contributed by atoms with Crippen LogP contribution in [-0.2, 0) is 4.79 Å². The van der Waals surface area contributed by atoms with Gasteiger partial charge in [0.15, 0.2) is 0 Å². The van der Waals surface area contributed by atoms with E-state index in [-0.39, 0.29) is 5.91 Å². The highest BCUT2D eigenvalue weighted by atomic mass is 79.9. The Bertz CT molecular complexity index is 298. The fraction of sp³-hybridized carbons (Fsp3) is 0.429. The van der Waals surface area contributed by atoms with E-state index < -0.39 is 6.04 Å². The van der Waals surface area contributed by atoms with Crippen LogP contribution >= 0.6 is 15.9 Å². The van der Waals surface area contributed by atoms with E-state index in [0.29, 0.717) is 16.7 Å². The zero-order valence-electron chi connectivity index (χ0n) is 7.17. The topological polar surface area (TPSA) is 83.8 Å². The van der Waals surface area contributed by atoms with Gasteiger partial charge in [0.2, 0.25) is 5.91 Å². The molecule has 0 unspecified atom stereocenters. The SMILES string of the molecule is CC[C@@H](N)C(=O)Nc1[nH]ncc1Br. The number of amides is 1. The molecule has 1 aromatic heterocycles. The number of halogens is 1. The number of aromatic amines is 1. The lowest BCUT2D eigenvalue weighted by molar-refractivity contribution is -0.117. The molecule has 1 atom stereocenters. The summed E-state index contributed by atoms with van der Waals surface area (Å²) in [5.41, 5.74) is 5.52. The Balaban J connectivity index is 2.60. The van der Waals surface area contributed by atoms with Crippen molar-refractivity contribution in [3.05, 3.63) is 10.7 Å². The standard InChI is InChI=1S/C7H11BrN4O/c1-2-5(9)7(13)11-6-4(8)3-10-12-6/h3,5H,2,9H2,1H3,(H2,10,11,12,13)/t5-/m1/s1. The van der Waals surface area contributed by atoms with E-state index in [1.165, 1.54) is 0 Å². The number of anilines is 1. The number of rotatable bonds is 3. The summed E-state index contributed by atoms with van der Waals surface area (Å²) in [6.07, 6.45) is 2.17. The van der Waals surface area contributed by atoms with E-state index in [0.717, 1.165) is 0 Å². The first-order chi connectivity index (χ1) is 6.15. The third-order valence-electron chi connectivity index (χ3n) is 1.62. The molecule has 1 rings (SSSR count). The molecule has 5 nitrogen and oxygen atoms in total. The van der Waals surface area contributed by atoms with Crippen molar-refractivity contribution in [3.63, 3.8) is 0 Å². The molecule has 6 heteroatoms. The lowest BCUT2D eigenvalue weighted by atomic mass is 10.2. The van der Waals surface area contributed by atoms with E-state index in [2.05, 4.69) is 31.4 Å². The van der Waals surface area contributed by atoms with Crippen LogP contribution in [-0.4, -0.2) is 22.1 Å². The summed E-state index contributed by atoms with van der Waals surface area (Å²) in [4.78, 5) is 11.3. The van der Waals surface area contributed by atoms with E-state index in [1.807, 2.05) is 6.92 Å². The molecule has 13 heavy (non-hydrogen) atoms. The fourth-order valence-electron chi connectivity index (χ4n) is 0.760. The molecule has 0 saturated heterocycles. The highest BCUT2D eigenvalue weighted by Gasteiger charge is 2.12. The molecule has 1 heterocycles. The first-order valence-electron chi connectivity index (χ1n) is 3.90. The Morgan fingerprint density at radius 3 is 3.08 bits per heavy atom. The maximum absolute atomic E-state index is 11.3. The largest absolute Gasteiger partial charge is 0.320 e. The first-order valence-corrected chi connectivity index (χ1v) is 4.69. The summed E-state index contributed by atoms with van der Waals surface area (Å²) < 4.78 is 0.712. The van der Waals surface area contributed by atoms with Crippen molar-refractivity contribution in [1.29, 1.82) is 0 Å². The van der Waals surface area contributed by atoms with Gasteiger partial charge in [0.1, 0.15) is 5.82 Å². The summed E-state index contributed by atoms with van der Waals surface area (Å²) in [5.74, 6) is 0.321. The maximum Gasteiger partial charge on any atom is 0.242 e. The maximum atomic E-state index is 11.3. The number of hydrogen-bond acceptors (Lipinski definition) is 3. The first kappa shape index (κ1) is 10.2. The fourth-order valence-corrected chi connectivity index (χ4v) is 1.05. The van der Waals surface area contributed by atoms with E-state index >= 15 is 0 Å². The van der Waals surface area contributed by atoms with Gasteiger partial charge in [-0.3, -0.25) is 9.89 Å². The molecule has 1 amide bonds. The minimum Gasteiger partial charge on any atom is -0.320 e. The van der Waals surface area contributed by atoms with Crippen molar-refractivity contribution in [3.8, 4) is 0 Å². The second-order valence-electron chi connectivity index (χ2n) is 2.60. The Kier molecular flexibility index (Phi) is 3.44. The molecule has 4 N–H and O–H groups in total. The number of nitrogens with zero attached hydrogens (tertiary/aromatic N) is 1. The Morgan fingerprint density at radius 2 is 2.62 bits per heavy atom. The zero-order chi connectivity index (χ0) is 9.84. The van der Waals surface area contributed by atoms with Gasteiger partial charge in [-0.05, 0) is 22.4 Å². The molecule has 0 aliphatic heterocycles. The minimum atomic E-state index is -0.477. The van der Waals surface area contributed by atoms with E-state index in [1.54, 1.807) is 6.20 Å². The molecule has 72 valence electrons. The van der Waals surface area contributed by atoms with Crippen LogP contribution in [0, 0.1) is 0 Å². The van der Waals surface area contributed by atoms with Crippen molar-refractivity contribution in [2.24, 2.45) is 5.73 Å². The molecule has 0 aliphatic carbocycles. The zero-order valence-corrected chi connectivity index (χ0v) is 8.76. The number of carbonyl (C=O) groups excluding carboxylic acids is 1. The average Bonchev–Trinajstić information content (AvgIpc) is 2.50. The van der Waals surface area contributed by atoms with Gasteiger partial charge in [0.05, 0.1) is 16.7 Å². The predicted octanol–water partition coefficient (Wildman–Crippen LogP) is 0.848. The van der Waals surface area contributed by atoms with Gasteiger partial charge in [-0.1, -0.05) is 6.92 Å². The van der Waals surface area contributed by atoms with Gasteiger partial charge in [-0.2, -0.15) is 5.10 Å². The number of nitrogens with two attached hydrogens (primary N) is 1.